The summed E-state index contributed by atoms with van der Waals surface area (Å²) in [7, 11) is 0. The van der Waals surface area contributed by atoms with Gasteiger partial charge in [0.1, 0.15) is 5.58 Å². The van der Waals surface area contributed by atoms with Crippen LogP contribution in [0.25, 0.3) is 65.7 Å². The van der Waals surface area contributed by atoms with E-state index in [4.69, 9.17) is 4.42 Å². The maximum absolute atomic E-state index is 6.59. The predicted molar refractivity (Wildman–Crippen MR) is 253 cm³/mol. The van der Waals surface area contributed by atoms with Crippen molar-refractivity contribution < 1.29 is 4.42 Å². The van der Waals surface area contributed by atoms with E-state index in [1.54, 1.807) is 0 Å². The first kappa shape index (κ1) is 34.5. The third kappa shape index (κ3) is 5.68. The quantitative estimate of drug-likeness (QED) is 0.150. The maximum Gasteiger partial charge on any atom is 0.159 e. The minimum absolute atomic E-state index is 0.879. The van der Waals surface area contributed by atoms with Crippen molar-refractivity contribution in [2.45, 2.75) is 9.79 Å². The highest BCUT2D eigenvalue weighted by Gasteiger charge is 2.25. The van der Waals surface area contributed by atoms with Crippen LogP contribution in [-0.2, 0) is 0 Å². The van der Waals surface area contributed by atoms with Crippen LogP contribution in [0.15, 0.2) is 233 Å². The van der Waals surface area contributed by atoms with E-state index in [0.717, 1.165) is 56.1 Å². The van der Waals surface area contributed by atoms with Gasteiger partial charge in [0, 0.05) is 54.4 Å². The number of benzene rings is 10. The van der Waals surface area contributed by atoms with Gasteiger partial charge in [-0.25, -0.2) is 0 Å². The molecule has 0 atom stereocenters. The van der Waals surface area contributed by atoms with Gasteiger partial charge in [-0.15, -0.1) is 0 Å². The number of hydrogen-bond donors (Lipinski definition) is 0. The number of anilines is 6. The summed E-state index contributed by atoms with van der Waals surface area (Å²) in [5.41, 5.74) is 13.2. The molecule has 4 heteroatoms. The van der Waals surface area contributed by atoms with Crippen molar-refractivity contribution in [3.8, 4) is 22.3 Å². The molecule has 282 valence electrons. The lowest BCUT2D eigenvalue weighted by molar-refractivity contribution is 0.669. The van der Waals surface area contributed by atoms with Crippen LogP contribution in [0.3, 0.4) is 0 Å². The Morgan fingerprint density at radius 1 is 0.350 bits per heavy atom. The summed E-state index contributed by atoms with van der Waals surface area (Å²) in [5, 5.41) is 7.26. The third-order valence-corrected chi connectivity index (χ3v) is 12.9. The highest BCUT2D eigenvalue weighted by atomic mass is 32.2. The van der Waals surface area contributed by atoms with Crippen LogP contribution in [0.2, 0.25) is 0 Å². The molecule has 12 rings (SSSR count). The Bertz CT molecular complexity index is 3400. The van der Waals surface area contributed by atoms with Gasteiger partial charge >= 0.3 is 0 Å². The molecule has 0 spiro atoms. The first-order valence-electron chi connectivity index (χ1n) is 20.3. The highest BCUT2D eigenvalue weighted by molar-refractivity contribution is 7.99. The predicted octanol–water partition coefficient (Wildman–Crippen LogP) is 16.6. The molecule has 60 heavy (non-hydrogen) atoms. The first-order chi connectivity index (χ1) is 29.7. The summed E-state index contributed by atoms with van der Waals surface area (Å²) in [6.45, 7) is 0. The molecule has 0 bridgehead atoms. The van der Waals surface area contributed by atoms with Gasteiger partial charge in [-0.2, -0.15) is 0 Å². The van der Waals surface area contributed by atoms with E-state index in [0.29, 0.717) is 0 Å². The molecule has 2 heterocycles. The third-order valence-electron chi connectivity index (χ3n) is 11.8. The van der Waals surface area contributed by atoms with Gasteiger partial charge in [-0.3, -0.25) is 0 Å². The van der Waals surface area contributed by atoms with Crippen LogP contribution >= 0.6 is 11.8 Å². The largest absolute Gasteiger partial charge is 0.454 e. The number of furan rings is 1. The SMILES string of the molecule is c1ccc(-c2ccc(N(c3ccccc3)c3ccc4cc5c6c(cccc6c4c3)Sc3cc(N(c4ccccc4)c4cccc6c4oc4ccccc46)ccc3-5)cc2)cc1. The van der Waals surface area contributed by atoms with E-state index in [-0.39, 0.29) is 0 Å². The molecule has 1 aliphatic rings. The zero-order chi connectivity index (χ0) is 39.6. The van der Waals surface area contributed by atoms with Crippen LogP contribution in [0.4, 0.5) is 34.1 Å². The number of nitrogens with zero attached hydrogens (tertiary/aromatic N) is 2. The van der Waals surface area contributed by atoms with Crippen molar-refractivity contribution in [1.82, 2.24) is 0 Å². The molecule has 11 aromatic rings. The Balaban J connectivity index is 0.980. The van der Waals surface area contributed by atoms with Crippen LogP contribution in [0.5, 0.6) is 0 Å². The lowest BCUT2D eigenvalue weighted by atomic mass is 9.92. The number of para-hydroxylation sites is 4. The summed E-state index contributed by atoms with van der Waals surface area (Å²) in [6, 6.07) is 78.5. The molecule has 0 N–H and O–H groups in total. The van der Waals surface area contributed by atoms with E-state index >= 15 is 0 Å². The minimum atomic E-state index is 0.879. The Morgan fingerprint density at radius 3 is 1.75 bits per heavy atom. The second kappa shape index (κ2) is 14.1. The Labute approximate surface area is 352 Å². The monoisotopic (exact) mass is 784 g/mol. The van der Waals surface area contributed by atoms with E-state index in [2.05, 4.69) is 216 Å². The van der Waals surface area contributed by atoms with E-state index in [1.807, 2.05) is 23.9 Å². The molecule has 3 nitrogen and oxygen atoms in total. The molecule has 1 aromatic heterocycles. The first-order valence-corrected chi connectivity index (χ1v) is 21.1. The lowest BCUT2D eigenvalue weighted by Crippen LogP contribution is -2.10. The standard InChI is InChI=1S/C56H36N2OS/c1-4-14-37(15-5-1)38-26-29-42(30-27-38)57(40-16-6-2-7-17-40)43-31-28-39-34-50-46-33-32-44(36-54(46)60-53-25-13-21-47(55(50)53)49(39)35-43)58(41-18-8-3-9-19-41)51-23-12-22-48-45-20-10-11-24-52(45)59-56(48)51/h1-36H. The fourth-order valence-corrected chi connectivity index (χ4v) is 10.2. The summed E-state index contributed by atoms with van der Waals surface area (Å²) in [6.07, 6.45) is 0. The van der Waals surface area contributed by atoms with Crippen LogP contribution < -0.4 is 9.80 Å². The topological polar surface area (TPSA) is 19.6 Å². The zero-order valence-electron chi connectivity index (χ0n) is 32.5. The fraction of sp³-hybridized carbons (Fsp3) is 0. The number of hydrogen-bond acceptors (Lipinski definition) is 4. The molecule has 0 aliphatic carbocycles. The molecule has 10 aromatic carbocycles. The van der Waals surface area contributed by atoms with Gasteiger partial charge in [0.2, 0.25) is 0 Å². The average molecular weight is 785 g/mol. The van der Waals surface area contributed by atoms with Gasteiger partial charge in [0.05, 0.1) is 5.69 Å². The lowest BCUT2D eigenvalue weighted by Gasteiger charge is -2.28. The van der Waals surface area contributed by atoms with Crippen molar-refractivity contribution in [2.75, 3.05) is 9.80 Å². The number of fused-ring (bicyclic) bond motifs is 7. The fourth-order valence-electron chi connectivity index (χ4n) is 9.05. The highest BCUT2D eigenvalue weighted by Crippen LogP contribution is 2.52. The number of rotatable bonds is 7. The second-order valence-corrected chi connectivity index (χ2v) is 16.4. The second-order valence-electron chi connectivity index (χ2n) is 15.3. The van der Waals surface area contributed by atoms with Crippen molar-refractivity contribution in [3.05, 3.63) is 218 Å². The van der Waals surface area contributed by atoms with E-state index < -0.39 is 0 Å². The van der Waals surface area contributed by atoms with E-state index in [1.165, 1.54) is 53.6 Å². The summed E-state index contributed by atoms with van der Waals surface area (Å²) < 4.78 is 6.59. The molecular weight excluding hydrogens is 749 g/mol. The molecule has 0 radical (unpaired) electrons. The van der Waals surface area contributed by atoms with Crippen molar-refractivity contribution in [3.63, 3.8) is 0 Å². The van der Waals surface area contributed by atoms with Gasteiger partial charge in [-0.1, -0.05) is 145 Å². The van der Waals surface area contributed by atoms with Gasteiger partial charge in [0.15, 0.2) is 5.58 Å². The van der Waals surface area contributed by atoms with Gasteiger partial charge in [-0.05, 0) is 123 Å². The van der Waals surface area contributed by atoms with Gasteiger partial charge in [0.25, 0.3) is 0 Å². The van der Waals surface area contributed by atoms with Crippen molar-refractivity contribution in [2.24, 2.45) is 0 Å². The van der Waals surface area contributed by atoms with Crippen LogP contribution in [0.1, 0.15) is 0 Å². The maximum atomic E-state index is 6.59. The van der Waals surface area contributed by atoms with Gasteiger partial charge < -0.3 is 14.2 Å². The minimum Gasteiger partial charge on any atom is -0.454 e. The molecule has 0 unspecified atom stereocenters. The normalized spacial score (nSPS) is 11.9. The summed E-state index contributed by atoms with van der Waals surface area (Å²) in [5.74, 6) is 0. The Hall–Kier alpha value is -7.53. The Morgan fingerprint density at radius 2 is 0.950 bits per heavy atom. The molecule has 0 amide bonds. The molecule has 0 saturated carbocycles. The van der Waals surface area contributed by atoms with E-state index in [9.17, 15) is 0 Å². The zero-order valence-corrected chi connectivity index (χ0v) is 33.3. The Kier molecular flexibility index (Phi) is 8.10. The van der Waals surface area contributed by atoms with Crippen molar-refractivity contribution >= 4 is 89.4 Å². The average Bonchev–Trinajstić information content (AvgIpc) is 3.70. The molecule has 1 aliphatic heterocycles. The van der Waals surface area contributed by atoms with Crippen molar-refractivity contribution in [1.29, 1.82) is 0 Å². The molecule has 0 fully saturated rings. The van der Waals surface area contributed by atoms with Crippen LogP contribution in [0, 0.1) is 0 Å². The summed E-state index contributed by atoms with van der Waals surface area (Å²) in [4.78, 5) is 7.19. The summed E-state index contributed by atoms with van der Waals surface area (Å²) >= 11 is 1.86. The smallest absolute Gasteiger partial charge is 0.159 e. The molecule has 0 saturated heterocycles. The molecular formula is C56H36N2OS. The van der Waals surface area contributed by atoms with Crippen LogP contribution in [-0.4, -0.2) is 0 Å².